The molecule has 0 radical (unpaired) electrons. The molecular weight excluding hydrogens is 522 g/mol. The molecule has 0 aliphatic rings. The van der Waals surface area contributed by atoms with E-state index in [0.717, 1.165) is 22.0 Å². The molecule has 3 aromatic rings. The second-order valence-corrected chi connectivity index (χ2v) is 7.82. The van der Waals surface area contributed by atoms with Crippen LogP contribution < -0.4 is 10.1 Å². The van der Waals surface area contributed by atoms with E-state index in [1.54, 1.807) is 18.2 Å². The van der Waals surface area contributed by atoms with Crippen LogP contribution in [-0.2, 0) is 0 Å². The minimum Gasteiger partial charge on any atom is -0.491 e. The number of nitrogens with one attached hydrogen (secondary N) is 1. The average Bonchev–Trinajstić information content (AvgIpc) is 3.09. The number of halogens is 4. The van der Waals surface area contributed by atoms with Gasteiger partial charge < -0.3 is 15.2 Å². The molecule has 0 fully saturated rings. The van der Waals surface area contributed by atoms with Crippen molar-refractivity contribution in [3.63, 3.8) is 0 Å². The maximum atomic E-state index is 14.2. The van der Waals surface area contributed by atoms with Crippen molar-refractivity contribution in [2.45, 2.75) is 0 Å². The summed E-state index contributed by atoms with van der Waals surface area (Å²) in [6.07, 6.45) is 0. The van der Waals surface area contributed by atoms with Crippen LogP contribution in [0.4, 0.5) is 18.9 Å². The Morgan fingerprint density at radius 1 is 1.17 bits per heavy atom. The molecule has 0 spiro atoms. The highest BCUT2D eigenvalue weighted by atomic mass is 127. The van der Waals surface area contributed by atoms with Crippen molar-refractivity contribution < 1.29 is 32.6 Å². The van der Waals surface area contributed by atoms with Crippen molar-refractivity contribution in [3.8, 4) is 16.2 Å². The number of hydrogen-bond acceptors (Lipinski definition) is 4. The van der Waals surface area contributed by atoms with Crippen LogP contribution in [0.5, 0.6) is 5.75 Å². The number of ether oxygens (including phenoxy) is 1. The third-order valence-electron chi connectivity index (χ3n) is 3.91. The predicted molar refractivity (Wildman–Crippen MR) is 110 cm³/mol. The molecule has 1 amide bonds. The quantitative estimate of drug-likeness (QED) is 0.341. The Kier molecular flexibility index (Phi) is 6.13. The molecule has 0 unspecified atom stereocenters. The van der Waals surface area contributed by atoms with E-state index in [1.165, 1.54) is 5.38 Å². The van der Waals surface area contributed by atoms with Gasteiger partial charge in [0.2, 0.25) is 5.82 Å². The summed E-state index contributed by atoms with van der Waals surface area (Å²) in [6, 6.07) is 7.54. The predicted octanol–water partition coefficient (Wildman–Crippen LogP) is 5.40. The van der Waals surface area contributed by atoms with Crippen LogP contribution in [0.15, 0.2) is 35.7 Å². The number of carboxylic acid groups (broad SMARTS) is 1. The van der Waals surface area contributed by atoms with Gasteiger partial charge in [0, 0.05) is 8.95 Å². The first kappa shape index (κ1) is 21.1. The molecule has 10 heteroatoms. The number of rotatable bonds is 5. The van der Waals surface area contributed by atoms with Gasteiger partial charge in [-0.05, 0) is 46.4 Å². The lowest BCUT2D eigenvalue weighted by atomic mass is 10.1. The molecule has 2 N–H and O–H groups in total. The molecule has 0 atom stereocenters. The van der Waals surface area contributed by atoms with Crippen molar-refractivity contribution in [3.05, 3.63) is 67.9 Å². The number of hydrogen-bond donors (Lipinski definition) is 2. The number of benzene rings is 2. The molecule has 3 rings (SSSR count). The lowest BCUT2D eigenvalue weighted by molar-refractivity contribution is 0.0699. The fourth-order valence-electron chi connectivity index (χ4n) is 2.62. The molecular formula is C19H11F3INO4S. The van der Waals surface area contributed by atoms with Gasteiger partial charge in [-0.25, -0.2) is 13.6 Å². The van der Waals surface area contributed by atoms with E-state index in [4.69, 9.17) is 0 Å². The second-order valence-electron chi connectivity index (χ2n) is 5.69. The first-order chi connectivity index (χ1) is 13.7. The van der Waals surface area contributed by atoms with Crippen LogP contribution >= 0.6 is 33.9 Å². The summed E-state index contributed by atoms with van der Waals surface area (Å²) in [7, 11) is 0.956. The fourth-order valence-corrected chi connectivity index (χ4v) is 4.16. The average molecular weight is 533 g/mol. The Morgan fingerprint density at radius 2 is 1.90 bits per heavy atom. The number of aromatic carboxylic acids is 1. The summed E-state index contributed by atoms with van der Waals surface area (Å²) in [5.74, 6) is -7.99. The van der Waals surface area contributed by atoms with Gasteiger partial charge in [0.15, 0.2) is 17.4 Å². The smallest absolute Gasteiger partial charge is 0.339 e. The zero-order chi connectivity index (χ0) is 21.3. The zero-order valence-corrected chi connectivity index (χ0v) is 17.5. The van der Waals surface area contributed by atoms with E-state index in [1.807, 2.05) is 6.07 Å². The van der Waals surface area contributed by atoms with E-state index < -0.39 is 40.6 Å². The number of amides is 1. The Hall–Kier alpha value is -2.60. The van der Waals surface area contributed by atoms with E-state index in [9.17, 15) is 27.9 Å². The number of carboxylic acids is 1. The molecule has 1 aromatic heterocycles. The first-order valence-electron chi connectivity index (χ1n) is 7.88. The van der Waals surface area contributed by atoms with Crippen LogP contribution in [-0.4, -0.2) is 24.1 Å². The minimum absolute atomic E-state index is 0.114. The van der Waals surface area contributed by atoms with E-state index in [-0.39, 0.29) is 11.3 Å². The molecule has 0 saturated carbocycles. The van der Waals surface area contributed by atoms with Crippen LogP contribution in [0.3, 0.4) is 0 Å². The summed E-state index contributed by atoms with van der Waals surface area (Å²) < 4.78 is 47.2. The van der Waals surface area contributed by atoms with Gasteiger partial charge in [-0.1, -0.05) is 12.1 Å². The largest absolute Gasteiger partial charge is 0.491 e. The summed E-state index contributed by atoms with van der Waals surface area (Å²) in [6.45, 7) is 0. The van der Waals surface area contributed by atoms with Crippen LogP contribution in [0.2, 0.25) is 0 Å². The Morgan fingerprint density at radius 3 is 2.52 bits per heavy atom. The van der Waals surface area contributed by atoms with Crippen molar-refractivity contribution >= 4 is 51.5 Å². The van der Waals surface area contributed by atoms with E-state index in [0.29, 0.717) is 16.5 Å². The second kappa shape index (κ2) is 8.41. The highest BCUT2D eigenvalue weighted by Gasteiger charge is 2.26. The maximum absolute atomic E-state index is 14.2. The zero-order valence-electron chi connectivity index (χ0n) is 14.6. The molecule has 0 bridgehead atoms. The molecule has 2 aromatic carbocycles. The van der Waals surface area contributed by atoms with Gasteiger partial charge in [0.25, 0.3) is 5.91 Å². The molecule has 0 saturated heterocycles. The normalized spacial score (nSPS) is 10.7. The number of methoxy groups -OCH3 is 1. The molecule has 150 valence electrons. The number of carbonyl (C=O) groups is 2. The van der Waals surface area contributed by atoms with Crippen molar-refractivity contribution in [2.75, 3.05) is 12.4 Å². The van der Waals surface area contributed by atoms with E-state index >= 15 is 0 Å². The highest BCUT2D eigenvalue weighted by molar-refractivity contribution is 14.1. The highest BCUT2D eigenvalue weighted by Crippen LogP contribution is 2.37. The fraction of sp³-hybridized carbons (Fsp3) is 0.0526. The van der Waals surface area contributed by atoms with Gasteiger partial charge in [-0.15, -0.1) is 11.3 Å². The third-order valence-corrected chi connectivity index (χ3v) is 5.61. The number of anilines is 1. The van der Waals surface area contributed by atoms with Gasteiger partial charge in [0.05, 0.1) is 23.2 Å². The maximum Gasteiger partial charge on any atom is 0.339 e. The van der Waals surface area contributed by atoms with Gasteiger partial charge in [0.1, 0.15) is 5.56 Å². The SMILES string of the molecule is COc1c(F)cc(C(=O)Nc2csc(-c3cccc(I)c3)c2C(=O)O)c(F)c1F. The molecule has 29 heavy (non-hydrogen) atoms. The van der Waals surface area contributed by atoms with Crippen LogP contribution in [0.1, 0.15) is 20.7 Å². The van der Waals surface area contributed by atoms with Crippen molar-refractivity contribution in [1.29, 1.82) is 0 Å². The lowest BCUT2D eigenvalue weighted by Gasteiger charge is -2.10. The number of carbonyl (C=O) groups excluding carboxylic acids is 1. The van der Waals surface area contributed by atoms with Gasteiger partial charge >= 0.3 is 5.97 Å². The first-order valence-corrected chi connectivity index (χ1v) is 9.84. The van der Waals surface area contributed by atoms with Gasteiger partial charge in [-0.3, -0.25) is 4.79 Å². The molecule has 0 aliphatic carbocycles. The summed E-state index contributed by atoms with van der Waals surface area (Å²) in [4.78, 5) is 24.6. The van der Waals surface area contributed by atoms with Crippen molar-refractivity contribution in [2.24, 2.45) is 0 Å². The standard InChI is InChI=1S/C19H11F3INO4S/c1-28-16-11(20)6-10(14(21)15(16)22)18(25)24-12-7-29-17(13(12)19(26)27)8-3-2-4-9(23)5-8/h2-7H,1H3,(H,24,25)(H,26,27). The van der Waals surface area contributed by atoms with Crippen LogP contribution in [0, 0.1) is 21.0 Å². The summed E-state index contributed by atoms with van der Waals surface area (Å²) in [5, 5.41) is 13.2. The third kappa shape index (κ3) is 4.08. The molecule has 1 heterocycles. The summed E-state index contributed by atoms with van der Waals surface area (Å²) in [5.41, 5.74) is -0.621. The lowest BCUT2D eigenvalue weighted by Crippen LogP contribution is -2.17. The number of thiophene rings is 1. The van der Waals surface area contributed by atoms with Crippen LogP contribution in [0.25, 0.3) is 10.4 Å². The van der Waals surface area contributed by atoms with Gasteiger partial charge in [-0.2, -0.15) is 4.39 Å². The van der Waals surface area contributed by atoms with E-state index in [2.05, 4.69) is 32.6 Å². The molecule has 0 aliphatic heterocycles. The molecule has 5 nitrogen and oxygen atoms in total. The Labute approximate surface area is 180 Å². The monoisotopic (exact) mass is 533 g/mol. The Bertz CT molecular complexity index is 1130. The Balaban J connectivity index is 2.01. The summed E-state index contributed by atoms with van der Waals surface area (Å²) >= 11 is 3.13. The van der Waals surface area contributed by atoms with Crippen molar-refractivity contribution in [1.82, 2.24) is 0 Å². The minimum atomic E-state index is -1.65. The topological polar surface area (TPSA) is 75.6 Å².